The van der Waals surface area contributed by atoms with E-state index in [0.29, 0.717) is 17.8 Å². The molecule has 1 heterocycles. The van der Waals surface area contributed by atoms with Gasteiger partial charge in [-0.05, 0) is 97.3 Å². The average molecular weight is 365 g/mol. The summed E-state index contributed by atoms with van der Waals surface area (Å²) in [6.45, 7) is 3.04. The Labute approximate surface area is 161 Å². The lowest BCUT2D eigenvalue weighted by Gasteiger charge is -2.39. The maximum Gasteiger partial charge on any atom is 0.123 e. The molecule has 3 heteroatoms. The van der Waals surface area contributed by atoms with E-state index in [2.05, 4.69) is 23.1 Å². The van der Waals surface area contributed by atoms with Crippen LogP contribution < -0.4 is 0 Å². The first kappa shape index (κ1) is 17.4. The Bertz CT molecular complexity index is 810. The Kier molecular flexibility index (Phi) is 4.53. The molecule has 0 radical (unpaired) electrons. The van der Waals surface area contributed by atoms with Crippen molar-refractivity contribution < 1.29 is 9.50 Å². The van der Waals surface area contributed by atoms with Gasteiger partial charge in [0.2, 0.25) is 0 Å². The van der Waals surface area contributed by atoms with Crippen LogP contribution in [0.5, 0.6) is 0 Å². The third kappa shape index (κ3) is 3.11. The summed E-state index contributed by atoms with van der Waals surface area (Å²) in [5, 5.41) is 11.1. The lowest BCUT2D eigenvalue weighted by atomic mass is 9.72. The van der Waals surface area contributed by atoms with E-state index < -0.39 is 0 Å². The molecular formula is C24H28FNO. The molecule has 0 bridgehead atoms. The van der Waals surface area contributed by atoms with E-state index in [0.717, 1.165) is 32.5 Å². The summed E-state index contributed by atoms with van der Waals surface area (Å²) in [5.41, 5.74) is 5.38. The number of aliphatic hydroxyl groups is 1. The highest BCUT2D eigenvalue weighted by atomic mass is 19.1. The van der Waals surface area contributed by atoms with Crippen molar-refractivity contribution in [3.63, 3.8) is 0 Å². The number of piperidine rings is 1. The van der Waals surface area contributed by atoms with Crippen molar-refractivity contribution in [2.75, 3.05) is 13.1 Å². The van der Waals surface area contributed by atoms with Gasteiger partial charge < -0.3 is 5.11 Å². The Morgan fingerprint density at radius 3 is 2.56 bits per heavy atom. The zero-order chi connectivity index (χ0) is 18.4. The molecule has 1 aliphatic heterocycles. The fourth-order valence-electron chi connectivity index (χ4n) is 5.96. The Hall–Kier alpha value is -1.71. The summed E-state index contributed by atoms with van der Waals surface area (Å²) >= 11 is 0. The number of aliphatic hydroxyl groups excluding tert-OH is 1. The van der Waals surface area contributed by atoms with Gasteiger partial charge in [0.05, 0.1) is 6.10 Å². The Morgan fingerprint density at radius 2 is 1.78 bits per heavy atom. The van der Waals surface area contributed by atoms with Crippen LogP contribution in [0.25, 0.3) is 0 Å². The summed E-state index contributed by atoms with van der Waals surface area (Å²) in [4.78, 5) is 2.48. The summed E-state index contributed by atoms with van der Waals surface area (Å²) in [7, 11) is 0. The smallest absolute Gasteiger partial charge is 0.123 e. The van der Waals surface area contributed by atoms with Crippen LogP contribution in [0.4, 0.5) is 4.39 Å². The van der Waals surface area contributed by atoms with Gasteiger partial charge in [0.25, 0.3) is 0 Å². The Morgan fingerprint density at radius 1 is 1.00 bits per heavy atom. The fourth-order valence-corrected chi connectivity index (χ4v) is 5.96. The third-order valence-electron chi connectivity index (χ3n) is 7.21. The molecule has 2 aromatic carbocycles. The number of benzene rings is 2. The standard InChI is InChI=1S/C24H28FNO/c25-19-9-7-16(8-10-19)15-26-13-11-18(12-14-26)23-20-5-1-3-17-4-2-6-21(22(17)20)24(23)27/h2,4,6-10,18,20,23-24,27H,1,3,5,11-15H2. The van der Waals surface area contributed by atoms with Gasteiger partial charge in [0.15, 0.2) is 0 Å². The van der Waals surface area contributed by atoms with Crippen molar-refractivity contribution >= 4 is 0 Å². The molecule has 3 atom stereocenters. The molecule has 0 spiro atoms. The van der Waals surface area contributed by atoms with Crippen LogP contribution in [0.15, 0.2) is 42.5 Å². The van der Waals surface area contributed by atoms with Crippen LogP contribution in [0, 0.1) is 17.7 Å². The second-order valence-electron chi connectivity index (χ2n) is 8.68. The molecule has 2 nitrogen and oxygen atoms in total. The minimum atomic E-state index is -0.281. The molecule has 1 fully saturated rings. The van der Waals surface area contributed by atoms with Crippen LogP contribution in [0.1, 0.15) is 60.0 Å². The van der Waals surface area contributed by atoms with Gasteiger partial charge in [0.1, 0.15) is 5.82 Å². The van der Waals surface area contributed by atoms with E-state index in [1.807, 2.05) is 12.1 Å². The highest BCUT2D eigenvalue weighted by molar-refractivity contribution is 5.46. The average Bonchev–Trinajstić information content (AvgIpc) is 2.99. The van der Waals surface area contributed by atoms with E-state index in [-0.39, 0.29) is 11.9 Å². The molecule has 3 unspecified atom stereocenters. The van der Waals surface area contributed by atoms with Crippen molar-refractivity contribution in [2.24, 2.45) is 11.8 Å². The van der Waals surface area contributed by atoms with Crippen molar-refractivity contribution in [3.05, 3.63) is 70.5 Å². The molecule has 5 rings (SSSR count). The normalized spacial score (nSPS) is 28.3. The zero-order valence-corrected chi connectivity index (χ0v) is 15.8. The van der Waals surface area contributed by atoms with Crippen LogP contribution >= 0.6 is 0 Å². The molecule has 3 aliphatic rings. The summed E-state index contributed by atoms with van der Waals surface area (Å²) in [6.07, 6.45) is 5.70. The predicted octanol–water partition coefficient (Wildman–Crippen LogP) is 4.82. The molecule has 0 amide bonds. The number of hydrogen-bond donors (Lipinski definition) is 1. The van der Waals surface area contributed by atoms with Crippen molar-refractivity contribution in [1.29, 1.82) is 0 Å². The van der Waals surface area contributed by atoms with E-state index in [9.17, 15) is 9.50 Å². The van der Waals surface area contributed by atoms with E-state index >= 15 is 0 Å². The highest BCUT2D eigenvalue weighted by Gasteiger charge is 2.46. The molecule has 1 saturated heterocycles. The first-order valence-electron chi connectivity index (χ1n) is 10.5. The van der Waals surface area contributed by atoms with E-state index in [4.69, 9.17) is 0 Å². The number of likely N-dealkylation sites (tertiary alicyclic amines) is 1. The summed E-state index contributed by atoms with van der Waals surface area (Å²) in [5.74, 6) is 1.40. The van der Waals surface area contributed by atoms with Crippen LogP contribution in [0.2, 0.25) is 0 Å². The SMILES string of the molecule is OC1c2cccc3c2C(CCC3)C1C1CCN(Cc2ccc(F)cc2)CC1. The van der Waals surface area contributed by atoms with Gasteiger partial charge in [-0.3, -0.25) is 4.90 Å². The van der Waals surface area contributed by atoms with Gasteiger partial charge in [0, 0.05) is 6.54 Å². The number of nitrogens with zero attached hydrogens (tertiary/aromatic N) is 1. The highest BCUT2D eigenvalue weighted by Crippen LogP contribution is 2.55. The molecule has 0 aromatic heterocycles. The van der Waals surface area contributed by atoms with Crippen LogP contribution in [0.3, 0.4) is 0 Å². The maximum absolute atomic E-state index is 13.1. The first-order chi connectivity index (χ1) is 13.2. The largest absolute Gasteiger partial charge is 0.388 e. The summed E-state index contributed by atoms with van der Waals surface area (Å²) in [6, 6.07) is 13.4. The summed E-state index contributed by atoms with van der Waals surface area (Å²) < 4.78 is 13.1. The van der Waals surface area contributed by atoms with Crippen molar-refractivity contribution in [2.45, 2.75) is 50.7 Å². The number of hydrogen-bond acceptors (Lipinski definition) is 2. The number of rotatable bonds is 3. The van der Waals surface area contributed by atoms with E-state index in [1.165, 1.54) is 41.5 Å². The maximum atomic E-state index is 13.1. The van der Waals surface area contributed by atoms with Crippen LogP contribution in [-0.2, 0) is 13.0 Å². The third-order valence-corrected chi connectivity index (χ3v) is 7.21. The molecule has 1 N–H and O–H groups in total. The minimum Gasteiger partial charge on any atom is -0.388 e. The Balaban J connectivity index is 1.27. The first-order valence-corrected chi connectivity index (χ1v) is 10.5. The number of aryl methyl sites for hydroxylation is 1. The zero-order valence-electron chi connectivity index (χ0n) is 15.8. The molecular weight excluding hydrogens is 337 g/mol. The lowest BCUT2D eigenvalue weighted by Crippen LogP contribution is -2.37. The van der Waals surface area contributed by atoms with Gasteiger partial charge >= 0.3 is 0 Å². The van der Waals surface area contributed by atoms with E-state index in [1.54, 1.807) is 12.1 Å². The van der Waals surface area contributed by atoms with Crippen molar-refractivity contribution in [3.8, 4) is 0 Å². The predicted molar refractivity (Wildman–Crippen MR) is 105 cm³/mol. The topological polar surface area (TPSA) is 23.5 Å². The monoisotopic (exact) mass is 365 g/mol. The molecule has 0 saturated carbocycles. The van der Waals surface area contributed by atoms with Gasteiger partial charge in [-0.25, -0.2) is 4.39 Å². The molecule has 142 valence electrons. The minimum absolute atomic E-state index is 0.168. The van der Waals surface area contributed by atoms with Gasteiger partial charge in [-0.1, -0.05) is 30.3 Å². The van der Waals surface area contributed by atoms with Crippen LogP contribution in [-0.4, -0.2) is 23.1 Å². The lowest BCUT2D eigenvalue weighted by molar-refractivity contribution is 0.0377. The molecule has 27 heavy (non-hydrogen) atoms. The second-order valence-corrected chi connectivity index (χ2v) is 8.68. The number of halogens is 1. The molecule has 2 aromatic rings. The molecule has 2 aliphatic carbocycles. The quantitative estimate of drug-likeness (QED) is 0.843. The van der Waals surface area contributed by atoms with Crippen molar-refractivity contribution in [1.82, 2.24) is 4.90 Å². The second kappa shape index (κ2) is 7.03. The van der Waals surface area contributed by atoms with Gasteiger partial charge in [-0.2, -0.15) is 0 Å². The van der Waals surface area contributed by atoms with Gasteiger partial charge in [-0.15, -0.1) is 0 Å². The fraction of sp³-hybridized carbons (Fsp3) is 0.500.